The van der Waals surface area contributed by atoms with Crippen molar-refractivity contribution in [3.8, 4) is 11.4 Å². The number of aromatic amines is 1. The van der Waals surface area contributed by atoms with Gasteiger partial charge in [-0.25, -0.2) is 19.3 Å². The number of nitrogens with zero attached hydrogens (tertiary/aromatic N) is 4. The molecule has 0 aliphatic heterocycles. The summed E-state index contributed by atoms with van der Waals surface area (Å²) in [5.41, 5.74) is 1.84. The van der Waals surface area contributed by atoms with Crippen LogP contribution in [0.3, 0.4) is 0 Å². The Bertz CT molecular complexity index is 1450. The molecule has 4 aromatic heterocycles. The van der Waals surface area contributed by atoms with E-state index in [0.717, 1.165) is 31.9 Å². The van der Waals surface area contributed by atoms with Crippen LogP contribution in [0.5, 0.6) is 0 Å². The minimum absolute atomic E-state index is 0.0610. The minimum atomic E-state index is -0.805. The summed E-state index contributed by atoms with van der Waals surface area (Å²) in [6, 6.07) is 1.30. The Morgan fingerprint density at radius 1 is 1.25 bits per heavy atom. The van der Waals surface area contributed by atoms with Crippen molar-refractivity contribution < 1.29 is 14.3 Å². The largest absolute Gasteiger partial charge is 0.377 e. The summed E-state index contributed by atoms with van der Waals surface area (Å²) < 4.78 is 16.0. The molecule has 2 bridgehead atoms. The third kappa shape index (κ3) is 3.84. The van der Waals surface area contributed by atoms with Gasteiger partial charge in [0.15, 0.2) is 5.82 Å². The second-order valence-electron chi connectivity index (χ2n) is 9.81. The lowest BCUT2D eigenvalue weighted by atomic mass is 9.61. The molecule has 0 spiro atoms. The molecular formula is C25H27ClFN7O2. The zero-order valence-corrected chi connectivity index (χ0v) is 20.5. The molecule has 3 saturated carbocycles. The Labute approximate surface area is 211 Å². The number of amides is 1. The summed E-state index contributed by atoms with van der Waals surface area (Å²) in [5, 5.41) is 17.4. The summed E-state index contributed by atoms with van der Waals surface area (Å²) in [6.07, 6.45) is 9.72. The number of H-pyrrole nitrogens is 1. The molecule has 1 amide bonds. The fourth-order valence-electron chi connectivity index (χ4n) is 6.12. The number of carbonyl (C=O) groups is 1. The Morgan fingerprint density at radius 3 is 2.81 bits per heavy atom. The first-order valence-electron chi connectivity index (χ1n) is 12.2. The third-order valence-electron chi connectivity index (χ3n) is 7.86. The number of aliphatic hydroxyl groups excluding tert-OH is 1. The second kappa shape index (κ2) is 9.10. The molecule has 3 atom stereocenters. The number of fused-ring (bicyclic) bond motifs is 5. The summed E-state index contributed by atoms with van der Waals surface area (Å²) in [7, 11) is 1.64. The number of nitrogens with one attached hydrogen (secondary N) is 3. The number of hydrogen-bond donors (Lipinski definition) is 4. The first-order chi connectivity index (χ1) is 17.4. The summed E-state index contributed by atoms with van der Waals surface area (Å²) in [6.45, 7) is 0.139. The van der Waals surface area contributed by atoms with Crippen LogP contribution in [-0.2, 0) is 4.79 Å². The lowest BCUT2D eigenvalue weighted by Crippen LogP contribution is -2.50. The van der Waals surface area contributed by atoms with Gasteiger partial charge in [-0.3, -0.25) is 10.1 Å². The maximum atomic E-state index is 13.9. The van der Waals surface area contributed by atoms with E-state index in [-0.39, 0.29) is 30.3 Å². The Balaban J connectivity index is 1.43. The number of aromatic nitrogens is 5. The van der Waals surface area contributed by atoms with E-state index in [2.05, 4.69) is 25.6 Å². The van der Waals surface area contributed by atoms with Crippen LogP contribution in [0.4, 0.5) is 4.39 Å². The van der Waals surface area contributed by atoms with Crippen LogP contribution < -0.4 is 10.6 Å². The highest BCUT2D eigenvalue weighted by atomic mass is 35.5. The smallest absolute Gasteiger partial charge is 0.225 e. The number of hydrogen-bond acceptors (Lipinski definition) is 6. The zero-order chi connectivity index (χ0) is 25.0. The Kier molecular flexibility index (Phi) is 5.89. The molecule has 4 aromatic rings. The number of halogens is 2. The number of rotatable bonds is 6. The van der Waals surface area contributed by atoms with E-state index in [1.165, 1.54) is 6.07 Å². The van der Waals surface area contributed by atoms with Crippen molar-refractivity contribution in [2.24, 2.45) is 17.8 Å². The van der Waals surface area contributed by atoms with Gasteiger partial charge in [-0.1, -0.05) is 11.6 Å². The van der Waals surface area contributed by atoms with Crippen LogP contribution >= 0.6 is 11.6 Å². The third-order valence-corrected chi connectivity index (χ3v) is 8.16. The zero-order valence-electron chi connectivity index (χ0n) is 19.7. The second-order valence-corrected chi connectivity index (χ2v) is 10.2. The van der Waals surface area contributed by atoms with Crippen LogP contribution in [0, 0.1) is 23.6 Å². The number of pyridine rings is 1. The van der Waals surface area contributed by atoms with E-state index in [4.69, 9.17) is 16.6 Å². The standard InChI is InChI=1S/C25H27ClFN7O2/c1-28-19(35)10-32-25(36)20-12-2-4-13(5-3-12)21(20)34-11-18(26)17-9-31-23(33-24(17)34)16-8-30-22-15(16)6-14(27)7-29-22/h6-9,11-13,19-21,28,35H,2-5,10H2,1H3,(H,29,30)(H,32,36)/t12?,13?,19?,20-,21-/m0/s1. The Hall–Kier alpha value is -3.08. The predicted molar refractivity (Wildman–Crippen MR) is 134 cm³/mol. The highest BCUT2D eigenvalue weighted by Gasteiger charge is 2.48. The molecule has 3 aliphatic carbocycles. The molecule has 0 radical (unpaired) electrons. The number of aliphatic hydroxyl groups is 1. The van der Waals surface area contributed by atoms with E-state index < -0.39 is 12.0 Å². The first-order valence-corrected chi connectivity index (χ1v) is 12.6. The topological polar surface area (TPSA) is 121 Å². The van der Waals surface area contributed by atoms with Crippen molar-refractivity contribution >= 4 is 39.6 Å². The van der Waals surface area contributed by atoms with Gasteiger partial charge in [-0.15, -0.1) is 0 Å². The quantitative estimate of drug-likeness (QED) is 0.294. The molecule has 0 saturated heterocycles. The van der Waals surface area contributed by atoms with Crippen molar-refractivity contribution in [2.75, 3.05) is 13.6 Å². The van der Waals surface area contributed by atoms with Crippen LogP contribution in [0.1, 0.15) is 31.7 Å². The van der Waals surface area contributed by atoms with Crippen molar-refractivity contribution in [3.63, 3.8) is 0 Å². The average Bonchev–Trinajstić information content (AvgIpc) is 3.47. The van der Waals surface area contributed by atoms with Gasteiger partial charge in [0.1, 0.15) is 23.3 Å². The van der Waals surface area contributed by atoms with Gasteiger partial charge in [0, 0.05) is 35.6 Å². The van der Waals surface area contributed by atoms with Gasteiger partial charge in [0.2, 0.25) is 5.91 Å². The van der Waals surface area contributed by atoms with Crippen molar-refractivity contribution in [3.05, 3.63) is 41.7 Å². The minimum Gasteiger partial charge on any atom is -0.377 e. The van der Waals surface area contributed by atoms with Crippen molar-refractivity contribution in [1.82, 2.24) is 35.1 Å². The van der Waals surface area contributed by atoms with Crippen molar-refractivity contribution in [2.45, 2.75) is 38.0 Å². The van der Waals surface area contributed by atoms with E-state index in [0.29, 0.717) is 44.4 Å². The monoisotopic (exact) mass is 511 g/mol. The average molecular weight is 512 g/mol. The molecule has 1 unspecified atom stereocenters. The van der Waals surface area contributed by atoms with Gasteiger partial charge < -0.3 is 20.0 Å². The molecule has 3 fully saturated rings. The number of likely N-dealkylation sites (N-methyl/N-ethyl adjacent to an activating group) is 1. The van der Waals surface area contributed by atoms with Crippen molar-refractivity contribution in [1.29, 1.82) is 0 Å². The Morgan fingerprint density at radius 2 is 2.03 bits per heavy atom. The van der Waals surface area contributed by atoms with Gasteiger partial charge >= 0.3 is 0 Å². The fraction of sp³-hybridized carbons (Fsp3) is 0.440. The maximum absolute atomic E-state index is 13.9. The van der Waals surface area contributed by atoms with Crippen LogP contribution in [0.25, 0.3) is 33.5 Å². The van der Waals surface area contributed by atoms with Crippen LogP contribution in [0.15, 0.2) is 30.9 Å². The number of carbonyl (C=O) groups excluding carboxylic acids is 1. The molecule has 11 heteroatoms. The first kappa shape index (κ1) is 23.3. The van der Waals surface area contributed by atoms with Gasteiger partial charge in [0.05, 0.1) is 29.1 Å². The molecule has 9 nitrogen and oxygen atoms in total. The van der Waals surface area contributed by atoms with Gasteiger partial charge in [-0.05, 0) is 50.6 Å². The lowest BCUT2D eigenvalue weighted by Gasteiger charge is -2.48. The summed E-state index contributed by atoms with van der Waals surface area (Å²) in [4.78, 5) is 29.9. The van der Waals surface area contributed by atoms with E-state index in [1.807, 2.05) is 10.8 Å². The predicted octanol–water partition coefficient (Wildman–Crippen LogP) is 3.40. The van der Waals surface area contributed by atoms with E-state index in [1.54, 1.807) is 19.4 Å². The van der Waals surface area contributed by atoms with Gasteiger partial charge in [-0.2, -0.15) is 0 Å². The summed E-state index contributed by atoms with van der Waals surface area (Å²) >= 11 is 6.63. The SMILES string of the molecule is CNC(O)CNC(=O)[C@H]1C2CCC(CC2)[C@@H]1n1cc(Cl)c2cnc(-c3c[nH]c4ncc(F)cc34)nc21. The molecule has 3 aliphatic rings. The summed E-state index contributed by atoms with van der Waals surface area (Å²) in [5.74, 6) is 0.248. The lowest BCUT2D eigenvalue weighted by molar-refractivity contribution is -0.134. The van der Waals surface area contributed by atoms with Crippen LogP contribution in [-0.4, -0.2) is 55.3 Å². The molecule has 7 rings (SSSR count). The van der Waals surface area contributed by atoms with Crippen LogP contribution in [0.2, 0.25) is 5.02 Å². The fourth-order valence-corrected chi connectivity index (χ4v) is 6.35. The molecule has 4 heterocycles. The van der Waals surface area contributed by atoms with E-state index in [9.17, 15) is 14.3 Å². The normalized spacial score (nSPS) is 24.4. The highest BCUT2D eigenvalue weighted by molar-refractivity contribution is 6.35. The maximum Gasteiger partial charge on any atom is 0.225 e. The molecular weight excluding hydrogens is 485 g/mol. The van der Waals surface area contributed by atoms with Gasteiger partial charge in [0.25, 0.3) is 0 Å². The van der Waals surface area contributed by atoms with E-state index >= 15 is 0 Å². The molecule has 188 valence electrons. The molecule has 0 aromatic carbocycles. The molecule has 4 N–H and O–H groups in total. The molecule has 36 heavy (non-hydrogen) atoms. The highest BCUT2D eigenvalue weighted by Crippen LogP contribution is 2.52.